The second-order valence-corrected chi connectivity index (χ2v) is 10.00. The Labute approximate surface area is 238 Å². The third kappa shape index (κ3) is 9.92. The maximum atomic E-state index is 12.4. The van der Waals surface area contributed by atoms with E-state index >= 15 is 0 Å². The van der Waals surface area contributed by atoms with E-state index in [9.17, 15) is 9.59 Å². The van der Waals surface area contributed by atoms with Crippen LogP contribution in [0, 0.1) is 0 Å². The van der Waals surface area contributed by atoms with E-state index < -0.39 is 0 Å². The summed E-state index contributed by atoms with van der Waals surface area (Å²) < 4.78 is 22.1. The predicted octanol–water partition coefficient (Wildman–Crippen LogP) is 7.74. The van der Waals surface area contributed by atoms with Crippen molar-refractivity contribution in [2.24, 2.45) is 0 Å². The molecule has 3 aromatic rings. The van der Waals surface area contributed by atoms with Crippen LogP contribution in [-0.4, -0.2) is 50.6 Å². The molecule has 3 rings (SSSR count). The van der Waals surface area contributed by atoms with E-state index in [0.717, 1.165) is 47.9 Å². The van der Waals surface area contributed by atoms with E-state index in [0.29, 0.717) is 24.3 Å². The number of hydrogen-bond acceptors (Lipinski definition) is 6. The van der Waals surface area contributed by atoms with Crippen LogP contribution in [0.3, 0.4) is 0 Å². The predicted molar refractivity (Wildman–Crippen MR) is 159 cm³/mol. The summed E-state index contributed by atoms with van der Waals surface area (Å²) in [5, 5.41) is 0. The first-order chi connectivity index (χ1) is 19.4. The van der Waals surface area contributed by atoms with Crippen LogP contribution < -0.4 is 0 Å². The Kier molecular flexibility index (Phi) is 12.9. The molecule has 0 aliphatic heterocycles. The fourth-order valence-electron chi connectivity index (χ4n) is 3.96. The molecule has 0 aliphatic rings. The van der Waals surface area contributed by atoms with Gasteiger partial charge in [0.05, 0.1) is 23.3 Å². The summed E-state index contributed by atoms with van der Waals surface area (Å²) in [4.78, 5) is 24.8. The van der Waals surface area contributed by atoms with Gasteiger partial charge in [-0.3, -0.25) is 0 Å². The Bertz CT molecular complexity index is 1070. The normalized spacial score (nSPS) is 12.5. The number of hydrogen-bond donors (Lipinski definition) is 0. The molecule has 0 aliphatic carbocycles. The lowest BCUT2D eigenvalue weighted by Gasteiger charge is -2.13. The lowest BCUT2D eigenvalue weighted by molar-refractivity contribution is -0.00121. The van der Waals surface area contributed by atoms with Gasteiger partial charge in [-0.2, -0.15) is 0 Å². The van der Waals surface area contributed by atoms with Crippen molar-refractivity contribution >= 4 is 11.9 Å². The molecule has 2 unspecified atom stereocenters. The van der Waals surface area contributed by atoms with Crippen molar-refractivity contribution in [1.82, 2.24) is 0 Å². The molecule has 0 aromatic heterocycles. The Morgan fingerprint density at radius 2 is 0.850 bits per heavy atom. The molecule has 0 heterocycles. The van der Waals surface area contributed by atoms with Crippen molar-refractivity contribution in [3.8, 4) is 22.3 Å². The lowest BCUT2D eigenvalue weighted by Crippen LogP contribution is -2.19. The first kappa shape index (κ1) is 31.1. The molecule has 0 N–H and O–H groups in total. The molecule has 0 radical (unpaired) electrons. The van der Waals surface area contributed by atoms with E-state index in [1.807, 2.05) is 62.4 Å². The molecule has 0 spiro atoms. The van der Waals surface area contributed by atoms with Crippen molar-refractivity contribution < 1.29 is 28.5 Å². The number of carbonyl (C=O) groups excluding carboxylic acids is 2. The van der Waals surface area contributed by atoms with E-state index in [-0.39, 0.29) is 37.4 Å². The fraction of sp³-hybridized carbons (Fsp3) is 0.412. The van der Waals surface area contributed by atoms with Crippen molar-refractivity contribution in [2.45, 2.75) is 65.6 Å². The highest BCUT2D eigenvalue weighted by Gasteiger charge is 2.12. The van der Waals surface area contributed by atoms with Crippen LogP contribution in [-0.2, 0) is 18.9 Å². The van der Waals surface area contributed by atoms with Gasteiger partial charge in [0.1, 0.15) is 13.2 Å². The van der Waals surface area contributed by atoms with Crippen molar-refractivity contribution in [1.29, 1.82) is 0 Å². The average molecular weight is 547 g/mol. The summed E-state index contributed by atoms with van der Waals surface area (Å²) >= 11 is 0. The summed E-state index contributed by atoms with van der Waals surface area (Å²) in [6.07, 6.45) is 3.90. The second kappa shape index (κ2) is 16.6. The third-order valence-corrected chi connectivity index (χ3v) is 6.49. The Hall–Kier alpha value is -3.48. The number of rotatable bonds is 16. The third-order valence-electron chi connectivity index (χ3n) is 6.49. The minimum absolute atomic E-state index is 0.123. The van der Waals surface area contributed by atoms with Gasteiger partial charge in [-0.05, 0) is 73.2 Å². The minimum atomic E-state index is -0.352. The molecule has 0 fully saturated rings. The average Bonchev–Trinajstić information content (AvgIpc) is 2.99. The van der Waals surface area contributed by atoms with Crippen LogP contribution >= 0.6 is 0 Å². The highest BCUT2D eigenvalue weighted by Crippen LogP contribution is 2.26. The summed E-state index contributed by atoms with van der Waals surface area (Å²) in [6, 6.07) is 23.0. The standard InChI is InChI=1S/C34H42O6/c1-5-7-21-37-25(3)23-39-33(35)31-17-13-29(14-18-31)27-9-11-28(12-10-27)30-15-19-32(20-16-30)34(36)40-24-26(4)38-22-8-6-2/h9-20,25-26H,5-8,21-24H2,1-4H3. The number of unbranched alkanes of at least 4 members (excludes halogenated alkanes) is 2. The number of ether oxygens (including phenoxy) is 4. The summed E-state index contributed by atoms with van der Waals surface area (Å²) in [5.41, 5.74) is 5.11. The van der Waals surface area contributed by atoms with Gasteiger partial charge < -0.3 is 18.9 Å². The van der Waals surface area contributed by atoms with Gasteiger partial charge in [-0.1, -0.05) is 75.2 Å². The van der Waals surface area contributed by atoms with Crippen LogP contribution in [0.4, 0.5) is 0 Å². The zero-order chi connectivity index (χ0) is 28.7. The van der Waals surface area contributed by atoms with Crippen LogP contribution in [0.25, 0.3) is 22.3 Å². The fourth-order valence-corrected chi connectivity index (χ4v) is 3.96. The minimum Gasteiger partial charge on any atom is -0.459 e. The second-order valence-electron chi connectivity index (χ2n) is 10.00. The molecule has 3 aromatic carbocycles. The topological polar surface area (TPSA) is 71.1 Å². The number of benzene rings is 3. The maximum absolute atomic E-state index is 12.4. The summed E-state index contributed by atoms with van der Waals surface area (Å²) in [7, 11) is 0. The first-order valence-electron chi connectivity index (χ1n) is 14.3. The highest BCUT2D eigenvalue weighted by atomic mass is 16.6. The Morgan fingerprint density at radius 3 is 1.15 bits per heavy atom. The molecule has 40 heavy (non-hydrogen) atoms. The van der Waals surface area contributed by atoms with E-state index in [2.05, 4.69) is 13.8 Å². The molecule has 0 saturated carbocycles. The molecule has 0 saturated heterocycles. The zero-order valence-corrected chi connectivity index (χ0v) is 24.2. The Balaban J connectivity index is 1.51. The smallest absolute Gasteiger partial charge is 0.338 e. The highest BCUT2D eigenvalue weighted by molar-refractivity contribution is 5.91. The number of carbonyl (C=O) groups is 2. The van der Waals surface area contributed by atoms with Crippen LogP contribution in [0.15, 0.2) is 72.8 Å². The SMILES string of the molecule is CCCCOC(C)COC(=O)c1ccc(-c2ccc(-c3ccc(C(=O)OCC(C)OCCCC)cc3)cc2)cc1. The van der Waals surface area contributed by atoms with Gasteiger partial charge in [0.2, 0.25) is 0 Å². The Morgan fingerprint density at radius 1 is 0.550 bits per heavy atom. The lowest BCUT2D eigenvalue weighted by atomic mass is 9.99. The monoisotopic (exact) mass is 546 g/mol. The molecular formula is C34H42O6. The van der Waals surface area contributed by atoms with Gasteiger partial charge in [-0.25, -0.2) is 9.59 Å². The van der Waals surface area contributed by atoms with Gasteiger partial charge in [0.25, 0.3) is 0 Å². The van der Waals surface area contributed by atoms with Crippen molar-refractivity contribution in [2.75, 3.05) is 26.4 Å². The maximum Gasteiger partial charge on any atom is 0.338 e. The van der Waals surface area contributed by atoms with Crippen molar-refractivity contribution in [3.63, 3.8) is 0 Å². The summed E-state index contributed by atoms with van der Waals surface area (Å²) in [5.74, 6) is -0.704. The van der Waals surface area contributed by atoms with Crippen LogP contribution in [0.2, 0.25) is 0 Å². The van der Waals surface area contributed by atoms with E-state index in [4.69, 9.17) is 18.9 Å². The molecule has 6 heteroatoms. The van der Waals surface area contributed by atoms with E-state index in [1.54, 1.807) is 24.3 Å². The van der Waals surface area contributed by atoms with Gasteiger partial charge in [0.15, 0.2) is 0 Å². The molecule has 0 amide bonds. The molecule has 214 valence electrons. The van der Waals surface area contributed by atoms with Crippen molar-refractivity contribution in [3.05, 3.63) is 83.9 Å². The molecule has 0 bridgehead atoms. The quantitative estimate of drug-likeness (QED) is 0.135. The van der Waals surface area contributed by atoms with Crippen LogP contribution in [0.5, 0.6) is 0 Å². The van der Waals surface area contributed by atoms with E-state index in [1.165, 1.54) is 0 Å². The van der Waals surface area contributed by atoms with Gasteiger partial charge in [0, 0.05) is 13.2 Å². The summed E-state index contributed by atoms with van der Waals surface area (Å²) in [6.45, 7) is 9.87. The molecule has 6 nitrogen and oxygen atoms in total. The van der Waals surface area contributed by atoms with Gasteiger partial charge in [-0.15, -0.1) is 0 Å². The molecular weight excluding hydrogens is 504 g/mol. The molecule has 2 atom stereocenters. The first-order valence-corrected chi connectivity index (χ1v) is 14.3. The largest absolute Gasteiger partial charge is 0.459 e. The zero-order valence-electron chi connectivity index (χ0n) is 24.2. The number of esters is 2. The van der Waals surface area contributed by atoms with Gasteiger partial charge >= 0.3 is 11.9 Å². The van der Waals surface area contributed by atoms with Crippen LogP contribution in [0.1, 0.15) is 74.1 Å².